The van der Waals surface area contributed by atoms with Gasteiger partial charge in [0.05, 0.1) is 5.56 Å². The summed E-state index contributed by atoms with van der Waals surface area (Å²) in [6.45, 7) is 3.85. The minimum Gasteiger partial charge on any atom is -0.326 e. The van der Waals surface area contributed by atoms with E-state index in [2.05, 4.69) is 10.6 Å². The minimum atomic E-state index is -4.49. The Morgan fingerprint density at radius 2 is 1.52 bits per heavy atom. The lowest BCUT2D eigenvalue weighted by molar-refractivity contribution is -0.137. The van der Waals surface area contributed by atoms with E-state index in [-0.39, 0.29) is 23.1 Å². The largest absolute Gasteiger partial charge is 0.416 e. The third-order valence-electron chi connectivity index (χ3n) is 4.20. The Morgan fingerprint density at radius 3 is 2.11 bits per heavy atom. The van der Waals surface area contributed by atoms with Crippen LogP contribution in [-0.2, 0) is 11.0 Å². The highest BCUT2D eigenvalue weighted by molar-refractivity contribution is 6.05. The molecule has 27 heavy (non-hydrogen) atoms. The lowest BCUT2D eigenvalue weighted by Gasteiger charge is -2.13. The van der Waals surface area contributed by atoms with Crippen molar-refractivity contribution in [2.24, 2.45) is 5.92 Å². The van der Waals surface area contributed by atoms with Crippen molar-refractivity contribution in [3.8, 4) is 0 Å². The molecular weight excluding hydrogens is 357 g/mol. The highest BCUT2D eigenvalue weighted by Crippen LogP contribution is 2.30. The van der Waals surface area contributed by atoms with Crippen molar-refractivity contribution >= 4 is 23.2 Å². The van der Waals surface area contributed by atoms with E-state index in [0.717, 1.165) is 12.1 Å². The Hall–Kier alpha value is -2.83. The Bertz CT molecular complexity index is 815. The zero-order chi connectivity index (χ0) is 20.0. The predicted molar refractivity (Wildman–Crippen MR) is 98.5 cm³/mol. The van der Waals surface area contributed by atoms with E-state index >= 15 is 0 Å². The number of hydrogen-bond donors (Lipinski definition) is 2. The quantitative estimate of drug-likeness (QED) is 0.714. The summed E-state index contributed by atoms with van der Waals surface area (Å²) in [5.41, 5.74) is -0.105. The van der Waals surface area contributed by atoms with Crippen LogP contribution in [-0.4, -0.2) is 11.8 Å². The number of benzene rings is 2. The van der Waals surface area contributed by atoms with Crippen LogP contribution in [0, 0.1) is 5.92 Å². The third-order valence-corrected chi connectivity index (χ3v) is 4.20. The zero-order valence-electron chi connectivity index (χ0n) is 15.1. The van der Waals surface area contributed by atoms with Crippen molar-refractivity contribution in [1.29, 1.82) is 0 Å². The number of rotatable bonds is 6. The summed E-state index contributed by atoms with van der Waals surface area (Å²) >= 11 is 0. The smallest absolute Gasteiger partial charge is 0.326 e. The standard InChI is InChI=1S/C20H21F3N2O2/c1-3-13(4-2)18(26)24-16-9-5-7-14(11-16)19(27)25-17-10-6-8-15(12-17)20(21,22)23/h5-13H,3-4H2,1-2H3,(H,24,26)(H,25,27). The molecule has 2 amide bonds. The molecule has 7 heteroatoms. The van der Waals surface area contributed by atoms with Gasteiger partial charge in [0.25, 0.3) is 5.91 Å². The average molecular weight is 378 g/mol. The fourth-order valence-electron chi connectivity index (χ4n) is 2.62. The van der Waals surface area contributed by atoms with Gasteiger partial charge < -0.3 is 10.6 Å². The van der Waals surface area contributed by atoms with Gasteiger partial charge in [-0.2, -0.15) is 13.2 Å². The van der Waals surface area contributed by atoms with Crippen molar-refractivity contribution in [3.63, 3.8) is 0 Å². The van der Waals surface area contributed by atoms with Crippen molar-refractivity contribution in [2.45, 2.75) is 32.9 Å². The van der Waals surface area contributed by atoms with Crippen molar-refractivity contribution < 1.29 is 22.8 Å². The van der Waals surface area contributed by atoms with Crippen LogP contribution in [0.2, 0.25) is 0 Å². The molecule has 2 N–H and O–H groups in total. The van der Waals surface area contributed by atoms with Crippen LogP contribution in [0.25, 0.3) is 0 Å². The molecule has 0 saturated heterocycles. The summed E-state index contributed by atoms with van der Waals surface area (Å²) in [5, 5.41) is 5.21. The summed E-state index contributed by atoms with van der Waals surface area (Å²) in [7, 11) is 0. The molecule has 0 radical (unpaired) electrons. The fraction of sp³-hybridized carbons (Fsp3) is 0.300. The van der Waals surface area contributed by atoms with Crippen molar-refractivity contribution in [2.75, 3.05) is 10.6 Å². The second-order valence-electron chi connectivity index (χ2n) is 6.12. The molecule has 0 aliphatic rings. The van der Waals surface area contributed by atoms with Crippen LogP contribution >= 0.6 is 0 Å². The Balaban J connectivity index is 2.13. The summed E-state index contributed by atoms with van der Waals surface area (Å²) in [6.07, 6.45) is -3.07. The first kappa shape index (κ1) is 20.5. The second kappa shape index (κ2) is 8.70. The molecule has 0 saturated carbocycles. The Morgan fingerprint density at radius 1 is 0.926 bits per heavy atom. The number of halogens is 3. The summed E-state index contributed by atoms with van der Waals surface area (Å²) < 4.78 is 38.3. The molecule has 4 nitrogen and oxygen atoms in total. The topological polar surface area (TPSA) is 58.2 Å². The van der Waals surface area contributed by atoms with E-state index in [1.165, 1.54) is 24.3 Å². The van der Waals surface area contributed by atoms with E-state index < -0.39 is 17.6 Å². The first-order valence-electron chi connectivity index (χ1n) is 8.64. The molecule has 0 aliphatic heterocycles. The predicted octanol–water partition coefficient (Wildman–Crippen LogP) is 5.33. The highest BCUT2D eigenvalue weighted by Gasteiger charge is 2.30. The lowest BCUT2D eigenvalue weighted by atomic mass is 10.0. The minimum absolute atomic E-state index is 0.0429. The molecule has 0 unspecified atom stereocenters. The number of carbonyl (C=O) groups is 2. The van der Waals surface area contributed by atoms with Crippen LogP contribution < -0.4 is 10.6 Å². The molecule has 0 atom stereocenters. The van der Waals surface area contributed by atoms with E-state index in [1.54, 1.807) is 12.1 Å². The van der Waals surface area contributed by atoms with E-state index in [4.69, 9.17) is 0 Å². The van der Waals surface area contributed by atoms with Gasteiger partial charge in [-0.05, 0) is 49.2 Å². The highest BCUT2D eigenvalue weighted by atomic mass is 19.4. The van der Waals surface area contributed by atoms with Gasteiger partial charge in [0.2, 0.25) is 5.91 Å². The van der Waals surface area contributed by atoms with Gasteiger partial charge in [0, 0.05) is 22.9 Å². The maximum atomic E-state index is 12.8. The van der Waals surface area contributed by atoms with Gasteiger partial charge in [-0.3, -0.25) is 9.59 Å². The van der Waals surface area contributed by atoms with Crippen LogP contribution in [0.5, 0.6) is 0 Å². The van der Waals surface area contributed by atoms with Gasteiger partial charge in [-0.1, -0.05) is 26.0 Å². The number of nitrogens with one attached hydrogen (secondary N) is 2. The average Bonchev–Trinajstić information content (AvgIpc) is 2.62. The van der Waals surface area contributed by atoms with Gasteiger partial charge >= 0.3 is 6.18 Å². The second-order valence-corrected chi connectivity index (χ2v) is 6.12. The zero-order valence-corrected chi connectivity index (χ0v) is 15.1. The lowest BCUT2D eigenvalue weighted by Crippen LogP contribution is -2.22. The van der Waals surface area contributed by atoms with Crippen LogP contribution in [0.1, 0.15) is 42.6 Å². The summed E-state index contributed by atoms with van der Waals surface area (Å²) in [4.78, 5) is 24.5. The normalized spacial score (nSPS) is 11.3. The molecule has 0 aliphatic carbocycles. The van der Waals surface area contributed by atoms with E-state index in [1.807, 2.05) is 13.8 Å². The Labute approximate surface area is 155 Å². The maximum Gasteiger partial charge on any atom is 0.416 e. The molecule has 144 valence electrons. The molecule has 2 aromatic carbocycles. The molecule has 0 heterocycles. The van der Waals surface area contributed by atoms with E-state index in [0.29, 0.717) is 18.5 Å². The third kappa shape index (κ3) is 5.57. The summed E-state index contributed by atoms with van der Waals surface area (Å²) in [5.74, 6) is -0.809. The molecule has 0 spiro atoms. The summed E-state index contributed by atoms with van der Waals surface area (Å²) in [6, 6.07) is 10.7. The van der Waals surface area contributed by atoms with Gasteiger partial charge in [0.15, 0.2) is 0 Å². The molecular formula is C20H21F3N2O2. The number of anilines is 2. The number of hydrogen-bond acceptors (Lipinski definition) is 2. The first-order chi connectivity index (χ1) is 12.7. The SMILES string of the molecule is CCC(CC)C(=O)Nc1cccc(C(=O)Nc2cccc(C(F)(F)F)c2)c1. The van der Waals surface area contributed by atoms with Crippen LogP contribution in [0.15, 0.2) is 48.5 Å². The fourth-order valence-corrected chi connectivity index (χ4v) is 2.62. The van der Waals surface area contributed by atoms with Crippen molar-refractivity contribution in [3.05, 3.63) is 59.7 Å². The maximum absolute atomic E-state index is 12.8. The van der Waals surface area contributed by atoms with Gasteiger partial charge in [-0.25, -0.2) is 0 Å². The molecule has 0 fully saturated rings. The van der Waals surface area contributed by atoms with Crippen molar-refractivity contribution in [1.82, 2.24) is 0 Å². The van der Waals surface area contributed by atoms with Crippen LogP contribution in [0.3, 0.4) is 0 Å². The monoisotopic (exact) mass is 378 g/mol. The molecule has 2 aromatic rings. The number of carbonyl (C=O) groups excluding carboxylic acids is 2. The number of alkyl halides is 3. The van der Waals surface area contributed by atoms with Gasteiger partial charge in [-0.15, -0.1) is 0 Å². The van der Waals surface area contributed by atoms with Crippen LogP contribution in [0.4, 0.5) is 24.5 Å². The van der Waals surface area contributed by atoms with E-state index in [9.17, 15) is 22.8 Å². The first-order valence-corrected chi connectivity index (χ1v) is 8.64. The molecule has 2 rings (SSSR count). The van der Waals surface area contributed by atoms with Gasteiger partial charge in [0.1, 0.15) is 0 Å². The molecule has 0 aromatic heterocycles. The molecule has 0 bridgehead atoms. The number of amides is 2. The Kier molecular flexibility index (Phi) is 6.60.